The molecule has 1 aromatic rings. The Kier molecular flexibility index (Phi) is 7.38. The molecule has 2 rings (SSSR count). The lowest BCUT2D eigenvalue weighted by Gasteiger charge is -2.14. The number of hydrogen-bond donors (Lipinski definition) is 2. The average molecular weight is 412 g/mol. The second-order valence-electron chi connectivity index (χ2n) is 6.75. The summed E-state index contributed by atoms with van der Waals surface area (Å²) in [6.07, 6.45) is -0.477. The number of carbonyl (C=O) groups is 3. The van der Waals surface area contributed by atoms with Crippen LogP contribution in [0.1, 0.15) is 25.3 Å². The van der Waals surface area contributed by atoms with Gasteiger partial charge in [0.25, 0.3) is 5.91 Å². The van der Waals surface area contributed by atoms with Crippen LogP contribution in [0.2, 0.25) is 0 Å². The summed E-state index contributed by atoms with van der Waals surface area (Å²) in [6.45, 7) is 2.80. The Labute approximate surface area is 163 Å². The molecular weight excluding hydrogens is 388 g/mol. The van der Waals surface area contributed by atoms with Crippen molar-refractivity contribution >= 4 is 27.6 Å². The highest BCUT2D eigenvalue weighted by Crippen LogP contribution is 2.21. The molecule has 0 saturated carbocycles. The zero-order chi connectivity index (χ0) is 20.7. The van der Waals surface area contributed by atoms with E-state index in [4.69, 9.17) is 9.47 Å². The Morgan fingerprint density at radius 1 is 1.21 bits per heavy atom. The lowest BCUT2D eigenvalue weighted by Crippen LogP contribution is -2.44. The molecule has 0 spiro atoms. The summed E-state index contributed by atoms with van der Waals surface area (Å²) >= 11 is 0. The summed E-state index contributed by atoms with van der Waals surface area (Å²) in [5, 5.41) is 0. The Morgan fingerprint density at radius 2 is 1.93 bits per heavy atom. The molecule has 9 nitrogen and oxygen atoms in total. The standard InChI is InChI=1S/C18H24N2O7S/c1-12-4-3-5-15(8-12)27-13(2)18(23)26-10-17(22)20-19-16(21)9-14-6-7-28(24,25)11-14/h3-5,8,13-14H,6-7,9-11H2,1-2H3,(H,19,21)(H,20,22)/t13-,14-/m1/s1. The van der Waals surface area contributed by atoms with Crippen LogP contribution in [-0.4, -0.2) is 50.4 Å². The molecular formula is C18H24N2O7S. The molecule has 1 aliphatic rings. The topological polar surface area (TPSA) is 128 Å². The first-order valence-electron chi connectivity index (χ1n) is 8.82. The van der Waals surface area contributed by atoms with E-state index in [0.29, 0.717) is 12.2 Å². The molecule has 0 aromatic heterocycles. The summed E-state index contributed by atoms with van der Waals surface area (Å²) in [7, 11) is -3.06. The van der Waals surface area contributed by atoms with Gasteiger partial charge >= 0.3 is 5.97 Å². The quantitative estimate of drug-likeness (QED) is 0.486. The number of amides is 2. The van der Waals surface area contributed by atoms with Gasteiger partial charge in [0.15, 0.2) is 22.5 Å². The molecule has 0 aliphatic carbocycles. The van der Waals surface area contributed by atoms with Gasteiger partial charge in [0, 0.05) is 6.42 Å². The highest BCUT2D eigenvalue weighted by molar-refractivity contribution is 7.91. The van der Waals surface area contributed by atoms with Crippen molar-refractivity contribution in [2.75, 3.05) is 18.1 Å². The molecule has 0 radical (unpaired) electrons. The number of sulfone groups is 1. The van der Waals surface area contributed by atoms with Gasteiger partial charge in [0.05, 0.1) is 11.5 Å². The summed E-state index contributed by atoms with van der Waals surface area (Å²) in [6, 6.07) is 7.15. The maximum atomic E-state index is 11.9. The van der Waals surface area contributed by atoms with E-state index in [1.54, 1.807) is 18.2 Å². The van der Waals surface area contributed by atoms with E-state index in [2.05, 4.69) is 10.9 Å². The maximum absolute atomic E-state index is 11.9. The van der Waals surface area contributed by atoms with Crippen molar-refractivity contribution in [1.82, 2.24) is 10.9 Å². The van der Waals surface area contributed by atoms with Gasteiger partial charge < -0.3 is 9.47 Å². The molecule has 2 atom stereocenters. The lowest BCUT2D eigenvalue weighted by atomic mass is 10.1. The molecule has 2 amide bonds. The van der Waals surface area contributed by atoms with E-state index in [-0.39, 0.29) is 23.8 Å². The molecule has 2 N–H and O–H groups in total. The second-order valence-corrected chi connectivity index (χ2v) is 8.98. The van der Waals surface area contributed by atoms with Gasteiger partial charge in [-0.25, -0.2) is 13.2 Å². The number of aryl methyl sites for hydroxylation is 1. The Bertz CT molecular complexity index is 838. The number of hydrazine groups is 1. The highest BCUT2D eigenvalue weighted by atomic mass is 32.2. The van der Waals surface area contributed by atoms with E-state index in [9.17, 15) is 22.8 Å². The van der Waals surface area contributed by atoms with Gasteiger partial charge in [-0.05, 0) is 43.9 Å². The number of hydrogen-bond acceptors (Lipinski definition) is 7. The van der Waals surface area contributed by atoms with Gasteiger partial charge in [-0.15, -0.1) is 0 Å². The number of carbonyl (C=O) groups excluding carboxylic acids is 3. The molecule has 1 heterocycles. The summed E-state index contributed by atoms with van der Waals surface area (Å²) < 4.78 is 33.0. The van der Waals surface area contributed by atoms with E-state index in [0.717, 1.165) is 5.56 Å². The minimum Gasteiger partial charge on any atom is -0.479 e. The third-order valence-corrected chi connectivity index (χ3v) is 5.96. The largest absolute Gasteiger partial charge is 0.479 e. The molecule has 1 saturated heterocycles. The van der Waals surface area contributed by atoms with Crippen molar-refractivity contribution in [3.63, 3.8) is 0 Å². The lowest BCUT2D eigenvalue weighted by molar-refractivity contribution is -0.155. The van der Waals surface area contributed by atoms with Gasteiger partial charge in [-0.3, -0.25) is 20.4 Å². The predicted octanol–water partition coefficient (Wildman–Crippen LogP) is 0.278. The van der Waals surface area contributed by atoms with Crippen LogP contribution in [-0.2, 0) is 29.0 Å². The molecule has 0 unspecified atom stereocenters. The first-order chi connectivity index (χ1) is 13.1. The number of benzene rings is 1. The van der Waals surface area contributed by atoms with Gasteiger partial charge in [0.2, 0.25) is 5.91 Å². The van der Waals surface area contributed by atoms with Crippen molar-refractivity contribution < 1.29 is 32.3 Å². The Balaban J connectivity index is 1.65. The van der Waals surface area contributed by atoms with Crippen LogP contribution in [0, 0.1) is 12.8 Å². The summed E-state index contributed by atoms with van der Waals surface area (Å²) in [5.41, 5.74) is 5.28. The Hall–Kier alpha value is -2.62. The van der Waals surface area contributed by atoms with Crippen molar-refractivity contribution in [2.24, 2.45) is 5.92 Å². The molecule has 0 bridgehead atoms. The van der Waals surface area contributed by atoms with Crippen LogP contribution in [0.5, 0.6) is 5.75 Å². The van der Waals surface area contributed by atoms with E-state index < -0.39 is 40.3 Å². The number of esters is 1. The smallest absolute Gasteiger partial charge is 0.347 e. The summed E-state index contributed by atoms with van der Waals surface area (Å²) in [4.78, 5) is 35.3. The van der Waals surface area contributed by atoms with Crippen molar-refractivity contribution in [3.8, 4) is 5.75 Å². The molecule has 154 valence electrons. The SMILES string of the molecule is Cc1cccc(O[C@H](C)C(=O)OCC(=O)NNC(=O)C[C@H]2CCS(=O)(=O)C2)c1. The first-order valence-corrected chi connectivity index (χ1v) is 10.6. The van der Waals surface area contributed by atoms with Gasteiger partial charge in [-0.2, -0.15) is 0 Å². The molecule has 1 aliphatic heterocycles. The van der Waals surface area contributed by atoms with Crippen LogP contribution in [0.15, 0.2) is 24.3 Å². The molecule has 1 fully saturated rings. The third-order valence-electron chi connectivity index (χ3n) is 4.12. The van der Waals surface area contributed by atoms with E-state index in [1.165, 1.54) is 6.92 Å². The zero-order valence-corrected chi connectivity index (χ0v) is 16.6. The fourth-order valence-electron chi connectivity index (χ4n) is 2.72. The maximum Gasteiger partial charge on any atom is 0.347 e. The average Bonchev–Trinajstić information content (AvgIpc) is 2.96. The fraction of sp³-hybridized carbons (Fsp3) is 0.500. The molecule has 1 aromatic carbocycles. The normalized spacial score (nSPS) is 18.7. The van der Waals surface area contributed by atoms with Gasteiger partial charge in [0.1, 0.15) is 5.75 Å². The number of ether oxygens (including phenoxy) is 2. The summed E-state index contributed by atoms with van der Waals surface area (Å²) in [5.74, 6) is -1.63. The molecule has 10 heteroatoms. The number of nitrogens with one attached hydrogen (secondary N) is 2. The minimum absolute atomic E-state index is 0.000659. The van der Waals surface area contributed by atoms with E-state index in [1.807, 2.05) is 13.0 Å². The van der Waals surface area contributed by atoms with Crippen LogP contribution in [0.25, 0.3) is 0 Å². The first kappa shape index (κ1) is 21.7. The van der Waals surface area contributed by atoms with Crippen molar-refractivity contribution in [2.45, 2.75) is 32.8 Å². The van der Waals surface area contributed by atoms with Crippen LogP contribution < -0.4 is 15.6 Å². The van der Waals surface area contributed by atoms with Crippen molar-refractivity contribution in [3.05, 3.63) is 29.8 Å². The van der Waals surface area contributed by atoms with Crippen molar-refractivity contribution in [1.29, 1.82) is 0 Å². The second kappa shape index (κ2) is 9.54. The van der Waals surface area contributed by atoms with Crippen LogP contribution >= 0.6 is 0 Å². The Morgan fingerprint density at radius 3 is 2.57 bits per heavy atom. The zero-order valence-electron chi connectivity index (χ0n) is 15.8. The minimum atomic E-state index is -3.06. The third kappa shape index (κ3) is 7.18. The van der Waals surface area contributed by atoms with Crippen LogP contribution in [0.4, 0.5) is 0 Å². The highest BCUT2D eigenvalue weighted by Gasteiger charge is 2.29. The molecule has 28 heavy (non-hydrogen) atoms. The number of rotatable bonds is 7. The van der Waals surface area contributed by atoms with Gasteiger partial charge in [-0.1, -0.05) is 12.1 Å². The fourth-order valence-corrected chi connectivity index (χ4v) is 4.58. The van der Waals surface area contributed by atoms with E-state index >= 15 is 0 Å². The predicted molar refractivity (Wildman–Crippen MR) is 99.9 cm³/mol. The van der Waals surface area contributed by atoms with Crippen LogP contribution in [0.3, 0.4) is 0 Å². The monoisotopic (exact) mass is 412 g/mol.